The fourth-order valence-corrected chi connectivity index (χ4v) is 3.57. The lowest BCUT2D eigenvalue weighted by Gasteiger charge is -2.11. The van der Waals surface area contributed by atoms with Gasteiger partial charge in [0, 0.05) is 22.5 Å². The zero-order chi connectivity index (χ0) is 23.0. The third kappa shape index (κ3) is 3.73. The molecule has 10 heteroatoms. The summed E-state index contributed by atoms with van der Waals surface area (Å²) in [6.45, 7) is 0. The Balaban J connectivity index is 0.000000307. The van der Waals surface area contributed by atoms with Crippen molar-refractivity contribution in [3.8, 4) is 11.1 Å². The third-order valence-corrected chi connectivity index (χ3v) is 4.86. The number of halogens is 3. The van der Waals surface area contributed by atoms with Gasteiger partial charge in [-0.05, 0) is 28.5 Å². The molecular formula is C22H16F3N5O2. The van der Waals surface area contributed by atoms with E-state index in [1.54, 1.807) is 6.20 Å². The van der Waals surface area contributed by atoms with Gasteiger partial charge in [0.05, 0.1) is 11.0 Å². The highest BCUT2D eigenvalue weighted by Gasteiger charge is 2.38. The van der Waals surface area contributed by atoms with Gasteiger partial charge in [-0.1, -0.05) is 42.5 Å². The summed E-state index contributed by atoms with van der Waals surface area (Å²) in [4.78, 5) is 20.8. The Hall–Kier alpha value is -4.34. The lowest BCUT2D eigenvalue weighted by atomic mass is 9.95. The molecule has 5 rings (SSSR count). The number of aromatic nitrogens is 3. The van der Waals surface area contributed by atoms with Crippen molar-refractivity contribution >= 4 is 50.3 Å². The van der Waals surface area contributed by atoms with Crippen LogP contribution in [-0.4, -0.2) is 32.2 Å². The standard InChI is InChI=1S/C20H15N5.C2HF3O2/c21-19-17-14-8-9-23-18(14)15(10-16(17)24-20(22)25-19)13-7-3-5-11-4-1-2-6-12(11)13;3-2(4,5)1(6)7/h1-10H,21H2,(H3,22,24,25);(H,6,7). The van der Waals surface area contributed by atoms with Crippen LogP contribution in [0.5, 0.6) is 0 Å². The molecular weight excluding hydrogens is 423 g/mol. The summed E-state index contributed by atoms with van der Waals surface area (Å²) < 4.78 is 31.7. The first-order valence-corrected chi connectivity index (χ1v) is 9.27. The molecule has 0 fully saturated rings. The lowest BCUT2D eigenvalue weighted by Crippen LogP contribution is -2.21. The first-order valence-electron chi connectivity index (χ1n) is 9.27. The number of hydrogen-bond acceptors (Lipinski definition) is 5. The van der Waals surface area contributed by atoms with Gasteiger partial charge in [0.1, 0.15) is 5.82 Å². The zero-order valence-electron chi connectivity index (χ0n) is 16.3. The van der Waals surface area contributed by atoms with Crippen LogP contribution >= 0.6 is 0 Å². The first kappa shape index (κ1) is 20.9. The molecule has 7 nitrogen and oxygen atoms in total. The lowest BCUT2D eigenvalue weighted by molar-refractivity contribution is -0.192. The number of fused-ring (bicyclic) bond motifs is 4. The summed E-state index contributed by atoms with van der Waals surface area (Å²) in [7, 11) is 0. The van der Waals surface area contributed by atoms with Crippen LogP contribution in [0.25, 0.3) is 43.7 Å². The molecule has 0 aliphatic rings. The number of carbonyl (C=O) groups is 1. The number of nitrogen functional groups attached to an aromatic ring is 2. The van der Waals surface area contributed by atoms with Gasteiger partial charge in [0.2, 0.25) is 0 Å². The van der Waals surface area contributed by atoms with E-state index in [4.69, 9.17) is 21.4 Å². The molecule has 0 aliphatic carbocycles. The van der Waals surface area contributed by atoms with Crippen LogP contribution in [-0.2, 0) is 4.79 Å². The second-order valence-electron chi connectivity index (χ2n) is 6.89. The smallest absolute Gasteiger partial charge is 0.475 e. The molecule has 6 N–H and O–H groups in total. The largest absolute Gasteiger partial charge is 0.490 e. The molecule has 0 spiro atoms. The van der Waals surface area contributed by atoms with Crippen molar-refractivity contribution in [2.45, 2.75) is 6.18 Å². The number of hydrogen-bond donors (Lipinski definition) is 4. The summed E-state index contributed by atoms with van der Waals surface area (Å²) in [5, 5.41) is 11.3. The Labute approximate surface area is 178 Å². The molecule has 0 radical (unpaired) electrons. The van der Waals surface area contributed by atoms with Gasteiger partial charge in [-0.2, -0.15) is 18.2 Å². The van der Waals surface area contributed by atoms with E-state index >= 15 is 0 Å². The fraction of sp³-hybridized carbons (Fsp3) is 0.0455. The zero-order valence-corrected chi connectivity index (χ0v) is 16.3. The number of carboxylic acids is 1. The molecule has 0 unspecified atom stereocenters. The number of nitrogens with one attached hydrogen (secondary N) is 1. The van der Waals surface area contributed by atoms with Crippen LogP contribution in [0.4, 0.5) is 24.9 Å². The molecule has 2 aromatic heterocycles. The van der Waals surface area contributed by atoms with E-state index in [2.05, 4.69) is 57.4 Å². The van der Waals surface area contributed by atoms with Crippen LogP contribution in [0.1, 0.15) is 0 Å². The van der Waals surface area contributed by atoms with Crippen molar-refractivity contribution in [3.63, 3.8) is 0 Å². The van der Waals surface area contributed by atoms with E-state index in [0.717, 1.165) is 32.9 Å². The predicted octanol–water partition coefficient (Wildman–Crippen LogP) is 4.73. The Kier molecular flexibility index (Phi) is 5.05. The monoisotopic (exact) mass is 439 g/mol. The Morgan fingerprint density at radius 2 is 1.66 bits per heavy atom. The summed E-state index contributed by atoms with van der Waals surface area (Å²) in [5.41, 5.74) is 15.9. The van der Waals surface area contributed by atoms with Gasteiger partial charge in [0.15, 0.2) is 5.95 Å². The van der Waals surface area contributed by atoms with E-state index in [1.807, 2.05) is 12.1 Å². The predicted molar refractivity (Wildman–Crippen MR) is 117 cm³/mol. The number of anilines is 2. The molecule has 5 aromatic rings. The van der Waals surface area contributed by atoms with E-state index < -0.39 is 12.1 Å². The minimum Gasteiger partial charge on any atom is -0.475 e. The summed E-state index contributed by atoms with van der Waals surface area (Å²) in [6.07, 6.45) is -3.28. The van der Waals surface area contributed by atoms with Gasteiger partial charge in [-0.25, -0.2) is 4.79 Å². The first-order chi connectivity index (χ1) is 15.2. The number of alkyl halides is 3. The SMILES string of the molecule is Nc1nc(N)c2c(cc(-c3cccc4ccccc34)c3nccc32)[nH]1.O=C(O)C(F)(F)F. The van der Waals surface area contributed by atoms with E-state index in [9.17, 15) is 13.2 Å². The van der Waals surface area contributed by atoms with E-state index in [0.29, 0.717) is 11.8 Å². The van der Waals surface area contributed by atoms with Crippen molar-refractivity contribution in [3.05, 3.63) is 60.8 Å². The van der Waals surface area contributed by atoms with Gasteiger partial charge in [-0.15, -0.1) is 0 Å². The minimum atomic E-state index is -5.08. The summed E-state index contributed by atoms with van der Waals surface area (Å²) in [6, 6.07) is 18.7. The number of aromatic amines is 1. The topological polar surface area (TPSA) is 131 Å². The Morgan fingerprint density at radius 1 is 0.969 bits per heavy atom. The van der Waals surface area contributed by atoms with Crippen molar-refractivity contribution in [2.75, 3.05) is 11.5 Å². The molecule has 0 saturated carbocycles. The average Bonchev–Trinajstić information content (AvgIpc) is 3.21. The molecule has 162 valence electrons. The number of rotatable bonds is 1. The second kappa shape index (κ2) is 7.73. The maximum atomic E-state index is 10.6. The minimum absolute atomic E-state index is 0.299. The quantitative estimate of drug-likeness (QED) is 0.299. The van der Waals surface area contributed by atoms with Gasteiger partial charge in [-0.3, -0.25) is 4.98 Å². The third-order valence-electron chi connectivity index (χ3n) is 4.86. The molecule has 0 saturated heterocycles. The van der Waals surface area contributed by atoms with Crippen molar-refractivity contribution in [2.24, 2.45) is 0 Å². The Morgan fingerprint density at radius 3 is 2.38 bits per heavy atom. The summed E-state index contributed by atoms with van der Waals surface area (Å²) >= 11 is 0. The number of benzene rings is 3. The van der Waals surface area contributed by atoms with Gasteiger partial charge in [0.25, 0.3) is 0 Å². The maximum absolute atomic E-state index is 10.6. The van der Waals surface area contributed by atoms with Gasteiger partial charge < -0.3 is 21.6 Å². The molecule has 2 heterocycles. The fourth-order valence-electron chi connectivity index (χ4n) is 3.57. The Bertz CT molecular complexity index is 1470. The molecule has 0 aliphatic heterocycles. The highest BCUT2D eigenvalue weighted by molar-refractivity contribution is 6.17. The average molecular weight is 439 g/mol. The molecule has 0 bridgehead atoms. The highest BCUT2D eigenvalue weighted by Crippen LogP contribution is 2.38. The van der Waals surface area contributed by atoms with E-state index in [-0.39, 0.29) is 0 Å². The molecule has 0 atom stereocenters. The van der Waals surface area contributed by atoms with Gasteiger partial charge >= 0.3 is 12.1 Å². The summed E-state index contributed by atoms with van der Waals surface area (Å²) in [5.74, 6) is -2.05. The van der Waals surface area contributed by atoms with Crippen LogP contribution in [0.3, 0.4) is 0 Å². The van der Waals surface area contributed by atoms with Crippen molar-refractivity contribution in [1.82, 2.24) is 15.0 Å². The maximum Gasteiger partial charge on any atom is 0.490 e. The van der Waals surface area contributed by atoms with Crippen molar-refractivity contribution < 1.29 is 23.1 Å². The number of aliphatic carboxylic acids is 1. The molecule has 32 heavy (non-hydrogen) atoms. The number of carboxylic acid groups (broad SMARTS) is 1. The number of H-pyrrole nitrogens is 1. The highest BCUT2D eigenvalue weighted by atomic mass is 19.4. The second-order valence-corrected chi connectivity index (χ2v) is 6.89. The molecule has 0 amide bonds. The van der Waals surface area contributed by atoms with Crippen LogP contribution in [0.2, 0.25) is 0 Å². The van der Waals surface area contributed by atoms with E-state index in [1.165, 1.54) is 10.8 Å². The van der Waals surface area contributed by atoms with Crippen LogP contribution < -0.4 is 11.5 Å². The normalized spacial score (nSPS) is 11.5. The van der Waals surface area contributed by atoms with Crippen LogP contribution in [0, 0.1) is 0 Å². The molecule has 3 aromatic carbocycles. The number of nitrogens with zero attached hydrogens (tertiary/aromatic N) is 2. The van der Waals surface area contributed by atoms with Crippen LogP contribution in [0.15, 0.2) is 60.8 Å². The number of nitrogens with two attached hydrogens (primary N) is 2. The van der Waals surface area contributed by atoms with Crippen molar-refractivity contribution in [1.29, 1.82) is 0 Å².